The van der Waals surface area contributed by atoms with E-state index in [0.29, 0.717) is 12.3 Å². The molecule has 1 aromatic heterocycles. The minimum Gasteiger partial charge on any atom is -0.474 e. The van der Waals surface area contributed by atoms with Gasteiger partial charge in [0.1, 0.15) is 5.82 Å². The van der Waals surface area contributed by atoms with Crippen molar-refractivity contribution in [3.63, 3.8) is 0 Å². The van der Waals surface area contributed by atoms with Crippen molar-refractivity contribution in [2.45, 2.75) is 6.92 Å². The summed E-state index contributed by atoms with van der Waals surface area (Å²) in [5, 5.41) is 16.3. The van der Waals surface area contributed by atoms with Gasteiger partial charge in [0.15, 0.2) is 5.84 Å². The Bertz CT molecular complexity index is 632. The highest BCUT2D eigenvalue weighted by atomic mass is 79.9. The van der Waals surface area contributed by atoms with Crippen LogP contribution in [0, 0.1) is 5.82 Å². The number of nitrogens with one attached hydrogen (secondary N) is 1. The van der Waals surface area contributed by atoms with Gasteiger partial charge in [0, 0.05) is 0 Å². The van der Waals surface area contributed by atoms with Crippen LogP contribution in [0.1, 0.15) is 12.6 Å². The van der Waals surface area contributed by atoms with Crippen molar-refractivity contribution in [1.82, 2.24) is 15.8 Å². The van der Waals surface area contributed by atoms with E-state index in [1.807, 2.05) is 5.48 Å². The Balaban J connectivity index is 2.37. The first-order chi connectivity index (χ1) is 9.65. The highest BCUT2D eigenvalue weighted by Gasteiger charge is 2.17. The van der Waals surface area contributed by atoms with Gasteiger partial charge in [0.05, 0.1) is 16.8 Å². The van der Waals surface area contributed by atoms with Gasteiger partial charge in [-0.15, -0.1) is 0 Å². The van der Waals surface area contributed by atoms with E-state index in [4.69, 9.17) is 9.94 Å². The van der Waals surface area contributed by atoms with Crippen LogP contribution in [0.25, 0.3) is 0 Å². The van der Waals surface area contributed by atoms with Crippen molar-refractivity contribution in [2.75, 3.05) is 6.61 Å². The molecule has 0 radical (unpaired) electrons. The van der Waals surface area contributed by atoms with Gasteiger partial charge in [-0.05, 0) is 51.4 Å². The van der Waals surface area contributed by atoms with E-state index in [1.54, 1.807) is 6.92 Å². The van der Waals surface area contributed by atoms with E-state index in [-0.39, 0.29) is 21.9 Å². The molecule has 9 heteroatoms. The van der Waals surface area contributed by atoms with Gasteiger partial charge in [-0.25, -0.2) is 14.0 Å². The smallest absolute Gasteiger partial charge is 0.287 e. The second-order valence-electron chi connectivity index (χ2n) is 3.52. The van der Waals surface area contributed by atoms with Gasteiger partial charge in [-0.2, -0.15) is 0 Å². The fraction of sp³-hybridized carbons (Fsp3) is 0.182. The van der Waals surface area contributed by atoms with Gasteiger partial charge in [0.25, 0.3) is 5.88 Å². The first-order valence-electron chi connectivity index (χ1n) is 5.55. The number of halogens is 2. The lowest BCUT2D eigenvalue weighted by Gasteiger charge is -2.03. The zero-order chi connectivity index (χ0) is 14.5. The first-order valence-corrected chi connectivity index (χ1v) is 6.34. The molecule has 0 saturated carbocycles. The molecule has 0 fully saturated rings. The number of benzene rings is 1. The molecule has 0 amide bonds. The summed E-state index contributed by atoms with van der Waals surface area (Å²) < 4.78 is 23.1. The predicted molar refractivity (Wildman–Crippen MR) is 70.7 cm³/mol. The average molecular weight is 345 g/mol. The minimum absolute atomic E-state index is 0.0341. The van der Waals surface area contributed by atoms with E-state index in [2.05, 4.69) is 35.9 Å². The zero-order valence-electron chi connectivity index (χ0n) is 10.3. The van der Waals surface area contributed by atoms with Gasteiger partial charge in [-0.1, -0.05) is 0 Å². The van der Waals surface area contributed by atoms with Crippen molar-refractivity contribution in [3.05, 3.63) is 34.2 Å². The molecule has 2 N–H and O–H groups in total. The molecule has 7 nitrogen and oxygen atoms in total. The SMILES string of the molecule is CCOc1nonc1C(=Nc1ccc(F)c(Br)c1)NO. The van der Waals surface area contributed by atoms with Crippen LogP contribution in [-0.4, -0.2) is 28.0 Å². The van der Waals surface area contributed by atoms with Gasteiger partial charge >= 0.3 is 0 Å². The average Bonchev–Trinajstić information content (AvgIpc) is 2.88. The quantitative estimate of drug-likeness (QED) is 0.502. The van der Waals surface area contributed by atoms with Crippen molar-refractivity contribution in [3.8, 4) is 5.88 Å². The van der Waals surface area contributed by atoms with Crippen molar-refractivity contribution in [2.24, 2.45) is 4.99 Å². The Hall–Kier alpha value is -2.00. The number of aromatic nitrogens is 2. The van der Waals surface area contributed by atoms with E-state index in [9.17, 15) is 4.39 Å². The highest BCUT2D eigenvalue weighted by molar-refractivity contribution is 9.10. The van der Waals surface area contributed by atoms with Crippen molar-refractivity contribution in [1.29, 1.82) is 0 Å². The normalized spacial score (nSPS) is 11.5. The maximum absolute atomic E-state index is 13.1. The topological polar surface area (TPSA) is 92.8 Å². The van der Waals surface area contributed by atoms with Gasteiger partial charge < -0.3 is 4.74 Å². The molecule has 0 unspecified atom stereocenters. The number of rotatable bonds is 4. The van der Waals surface area contributed by atoms with Crippen molar-refractivity contribution >= 4 is 27.5 Å². The summed E-state index contributed by atoms with van der Waals surface area (Å²) in [6.07, 6.45) is 0. The molecule has 2 rings (SSSR count). The van der Waals surface area contributed by atoms with Crippen LogP contribution in [0.4, 0.5) is 10.1 Å². The molecular formula is C11H10BrFN4O3. The molecule has 20 heavy (non-hydrogen) atoms. The molecule has 106 valence electrons. The van der Waals surface area contributed by atoms with E-state index in [1.165, 1.54) is 18.2 Å². The lowest BCUT2D eigenvalue weighted by Crippen LogP contribution is -2.21. The highest BCUT2D eigenvalue weighted by Crippen LogP contribution is 2.23. The first kappa shape index (κ1) is 14.4. The third-order valence-corrected chi connectivity index (χ3v) is 2.82. The Kier molecular flexibility index (Phi) is 4.64. The molecule has 0 aliphatic carbocycles. The molecule has 0 saturated heterocycles. The maximum atomic E-state index is 13.1. The molecule has 0 spiro atoms. The van der Waals surface area contributed by atoms with Crippen LogP contribution in [0.15, 0.2) is 32.3 Å². The summed E-state index contributed by atoms with van der Waals surface area (Å²) in [5.74, 6) is -0.359. The Morgan fingerprint density at radius 1 is 1.55 bits per heavy atom. The number of aliphatic imine (C=N–C) groups is 1. The van der Waals surface area contributed by atoms with Crippen LogP contribution in [0.5, 0.6) is 5.88 Å². The predicted octanol–water partition coefficient (Wildman–Crippen LogP) is 2.43. The molecular weight excluding hydrogens is 335 g/mol. The molecule has 0 aliphatic heterocycles. The number of hydroxylamine groups is 1. The number of hydrogen-bond acceptors (Lipinski definition) is 6. The minimum atomic E-state index is -0.416. The summed E-state index contributed by atoms with van der Waals surface area (Å²) in [6, 6.07) is 4.12. The van der Waals surface area contributed by atoms with Crippen LogP contribution < -0.4 is 10.2 Å². The summed E-state index contributed by atoms with van der Waals surface area (Å²) in [6.45, 7) is 2.11. The Morgan fingerprint density at radius 3 is 3.00 bits per heavy atom. The summed E-state index contributed by atoms with van der Waals surface area (Å²) in [7, 11) is 0. The number of hydrogen-bond donors (Lipinski definition) is 2. The molecule has 0 atom stereocenters. The lowest BCUT2D eigenvalue weighted by atomic mass is 10.3. The summed E-state index contributed by atoms with van der Waals surface area (Å²) >= 11 is 3.05. The Morgan fingerprint density at radius 2 is 2.35 bits per heavy atom. The third-order valence-electron chi connectivity index (χ3n) is 2.21. The van der Waals surface area contributed by atoms with E-state index in [0.717, 1.165) is 0 Å². The monoisotopic (exact) mass is 344 g/mol. The number of amidine groups is 1. The standard InChI is InChI=1S/C11H10BrFN4O3/c1-2-19-11-9(16-20-17-11)10(15-18)14-6-3-4-8(13)7(12)5-6/h3-5,18H,2H2,1H3,(H,14,15). The molecule has 0 aliphatic rings. The Labute approximate surface area is 121 Å². The van der Waals surface area contributed by atoms with Crippen LogP contribution in [-0.2, 0) is 0 Å². The van der Waals surface area contributed by atoms with Crippen molar-refractivity contribution < 1.29 is 19.0 Å². The maximum Gasteiger partial charge on any atom is 0.287 e. The molecule has 0 bridgehead atoms. The van der Waals surface area contributed by atoms with Crippen LogP contribution in [0.2, 0.25) is 0 Å². The van der Waals surface area contributed by atoms with Crippen LogP contribution >= 0.6 is 15.9 Å². The molecule has 1 heterocycles. The second-order valence-corrected chi connectivity index (χ2v) is 4.38. The second kappa shape index (κ2) is 6.44. The zero-order valence-corrected chi connectivity index (χ0v) is 11.9. The van der Waals surface area contributed by atoms with E-state index < -0.39 is 5.82 Å². The summed E-state index contributed by atoms with van der Waals surface area (Å²) in [4.78, 5) is 4.08. The third kappa shape index (κ3) is 3.11. The largest absolute Gasteiger partial charge is 0.474 e. The summed E-state index contributed by atoms with van der Waals surface area (Å²) in [5.41, 5.74) is 2.38. The fourth-order valence-corrected chi connectivity index (χ4v) is 1.74. The van der Waals surface area contributed by atoms with Gasteiger partial charge in [-0.3, -0.25) is 10.7 Å². The van der Waals surface area contributed by atoms with Crippen LogP contribution in [0.3, 0.4) is 0 Å². The fourth-order valence-electron chi connectivity index (χ4n) is 1.37. The molecule has 1 aromatic carbocycles. The number of ether oxygens (including phenoxy) is 1. The number of nitrogens with zero attached hydrogens (tertiary/aromatic N) is 3. The molecule has 2 aromatic rings. The lowest BCUT2D eigenvalue weighted by molar-refractivity contribution is 0.233. The van der Waals surface area contributed by atoms with E-state index >= 15 is 0 Å². The van der Waals surface area contributed by atoms with Gasteiger partial charge in [0.2, 0.25) is 5.69 Å².